The molecule has 0 heterocycles. The maximum Gasteiger partial charge on any atom is 0.334 e. The molecule has 0 aromatic rings. The van der Waals surface area contributed by atoms with E-state index in [4.69, 9.17) is 6.54 Å². The van der Waals surface area contributed by atoms with Crippen LogP contribution in [0.15, 0.2) is 0 Å². The number of carbonyl (C=O) groups is 1. The summed E-state index contributed by atoms with van der Waals surface area (Å²) >= 11 is 0. The van der Waals surface area contributed by atoms with E-state index in [2.05, 4.69) is 4.56 Å². The van der Waals surface area contributed by atoms with Gasteiger partial charge in [0.25, 0.3) is 0 Å². The smallest absolute Gasteiger partial charge is 0.334 e. The van der Waals surface area contributed by atoms with Crippen LogP contribution in [-0.2, 0) is 15.1 Å². The first-order valence-electron chi connectivity index (χ1n) is 2.69. The Morgan fingerprint density at radius 2 is 2.30 bits per heavy atom. The Bertz CT molecular complexity index is 236. The van der Waals surface area contributed by atoms with E-state index >= 15 is 0 Å². The summed E-state index contributed by atoms with van der Waals surface area (Å²) in [6.45, 7) is 1.11. The summed E-state index contributed by atoms with van der Waals surface area (Å²) in [4.78, 5) is 10.0. The van der Waals surface area contributed by atoms with Gasteiger partial charge in [-0.2, -0.15) is 13.1 Å². The summed E-state index contributed by atoms with van der Waals surface area (Å²) in [5.74, 6) is -1.34. The second-order valence-corrected chi connectivity index (χ2v) is 2.78. The van der Waals surface area contributed by atoms with Crippen molar-refractivity contribution in [2.24, 2.45) is 0 Å². The Labute approximate surface area is 59.2 Å². The second-order valence-electron chi connectivity index (χ2n) is 1.63. The maximum atomic E-state index is 10.3. The van der Waals surface area contributed by atoms with Gasteiger partial charge in [0.15, 0.2) is 0 Å². The van der Waals surface area contributed by atoms with Gasteiger partial charge >= 0.3 is 16.3 Å². The van der Waals surface area contributed by atoms with Crippen molar-refractivity contribution in [1.82, 2.24) is 4.72 Å². The van der Waals surface area contributed by atoms with E-state index in [9.17, 15) is 13.2 Å². The highest BCUT2D eigenvalue weighted by atomic mass is 32.2. The Morgan fingerprint density at radius 1 is 1.80 bits per heavy atom. The number of rotatable bonds is 4. The lowest BCUT2D eigenvalue weighted by Crippen LogP contribution is -2.37. The van der Waals surface area contributed by atoms with Crippen LogP contribution < -0.4 is 4.72 Å². The molecule has 0 aliphatic carbocycles. The van der Waals surface area contributed by atoms with E-state index in [1.165, 1.54) is 0 Å². The van der Waals surface area contributed by atoms with Crippen molar-refractivity contribution in [2.45, 2.75) is 13.0 Å². The van der Waals surface area contributed by atoms with E-state index in [0.29, 0.717) is 0 Å². The minimum atomic E-state index is -4.23. The van der Waals surface area contributed by atoms with E-state index in [1.54, 1.807) is 4.72 Å². The minimum Gasteiger partial charge on any atom is -0.480 e. The molecule has 0 saturated carbocycles. The lowest BCUT2D eigenvalue weighted by Gasteiger charge is -2.03. The van der Waals surface area contributed by atoms with Gasteiger partial charge < -0.3 is 5.11 Å². The molecule has 0 aliphatic heterocycles. The molecule has 0 fully saturated rings. The van der Waals surface area contributed by atoms with Crippen LogP contribution in [0.2, 0.25) is 0 Å². The van der Waals surface area contributed by atoms with Crippen LogP contribution in [-0.4, -0.2) is 30.1 Å². The molecular formula is C3H7NO5S. The Morgan fingerprint density at radius 3 is 2.60 bits per heavy atom. The fourth-order valence-corrected chi connectivity index (χ4v) is 0.801. The molecule has 0 saturated heterocycles. The third kappa shape index (κ3) is 4.24. The summed E-state index contributed by atoms with van der Waals surface area (Å²) in [6, 6.07) is -1.30. The van der Waals surface area contributed by atoms with Crippen LogP contribution in [0.5, 0.6) is 0 Å². The molecule has 0 bridgehead atoms. The van der Waals surface area contributed by atoms with E-state index < -0.39 is 22.3 Å². The van der Waals surface area contributed by atoms with Crippen molar-refractivity contribution >= 4 is 16.3 Å². The third-order valence-corrected chi connectivity index (χ3v) is 1.33. The lowest BCUT2D eigenvalue weighted by atomic mass is 10.4. The maximum absolute atomic E-state index is 10.3. The van der Waals surface area contributed by atoms with Crippen molar-refractivity contribution in [3.63, 3.8) is 0 Å². The Balaban J connectivity index is 4.16. The van der Waals surface area contributed by atoms with Gasteiger partial charge in [-0.05, 0) is 6.92 Å². The monoisotopic (exact) mass is 170 g/mol. The summed E-state index contributed by atoms with van der Waals surface area (Å²) in [5, 5.41) is 8.20. The Kier molecular flexibility index (Phi) is 2.20. The van der Waals surface area contributed by atoms with E-state index in [1.807, 2.05) is 0 Å². The van der Waals surface area contributed by atoms with Gasteiger partial charge in [0.05, 0.1) is 0 Å². The predicted molar refractivity (Wildman–Crippen MR) is 31.8 cm³/mol. The van der Waals surface area contributed by atoms with Gasteiger partial charge in [-0.1, -0.05) is 0 Å². The molecule has 1 atom stereocenters. The number of carboxylic acids is 1. The molecule has 6 nitrogen and oxygen atoms in total. The van der Waals surface area contributed by atoms with Gasteiger partial charge in [0, 0.05) is 0 Å². The second kappa shape index (κ2) is 2.95. The lowest BCUT2D eigenvalue weighted by molar-refractivity contribution is -0.138. The molecule has 0 amide bonds. The van der Waals surface area contributed by atoms with Crippen molar-refractivity contribution in [3.05, 3.63) is 0 Å². The highest BCUT2D eigenvalue weighted by molar-refractivity contribution is 7.83. The van der Waals surface area contributed by atoms with Crippen LogP contribution in [0.3, 0.4) is 0 Å². The van der Waals surface area contributed by atoms with Gasteiger partial charge in [0.2, 0.25) is 1.43 Å². The molecule has 0 rings (SSSR count). The molecule has 0 aromatic carbocycles. The zero-order chi connectivity index (χ0) is 9.07. The largest absolute Gasteiger partial charge is 0.480 e. The van der Waals surface area contributed by atoms with Gasteiger partial charge in [0.1, 0.15) is 6.04 Å². The molecule has 0 spiro atoms. The van der Waals surface area contributed by atoms with Crippen LogP contribution >= 0.6 is 0 Å². The molecule has 7 heteroatoms. The van der Waals surface area contributed by atoms with Crippen molar-refractivity contribution in [3.8, 4) is 0 Å². The molecular weight excluding hydrogens is 162 g/mol. The van der Waals surface area contributed by atoms with Gasteiger partial charge in [-0.25, -0.2) is 0 Å². The molecule has 3 N–H and O–H groups in total. The van der Waals surface area contributed by atoms with Crippen LogP contribution in [0.25, 0.3) is 1.43 Å². The molecule has 0 radical (unpaired) electrons. The summed E-state index contributed by atoms with van der Waals surface area (Å²) in [6.07, 6.45) is 0. The first-order chi connectivity index (χ1) is 4.89. The van der Waals surface area contributed by atoms with Gasteiger partial charge in [-0.3, -0.25) is 9.35 Å². The van der Waals surface area contributed by atoms with Crippen LogP contribution in [0.4, 0.5) is 0 Å². The minimum absolute atomic E-state index is 1.11. The van der Waals surface area contributed by atoms with E-state index in [-0.39, 0.29) is 0 Å². The zero-order valence-electron chi connectivity index (χ0n) is 6.07. The number of carboxylic acid groups (broad SMARTS) is 1. The first-order valence-corrected chi connectivity index (χ1v) is 3.69. The number of hydrogen-bond donors (Lipinski definition) is 3. The highest BCUT2D eigenvalue weighted by Crippen LogP contribution is 1.83. The van der Waals surface area contributed by atoms with Crippen LogP contribution in [0.1, 0.15) is 6.92 Å². The van der Waals surface area contributed by atoms with Crippen molar-refractivity contribution in [1.29, 1.82) is 1.43 Å². The molecule has 60 valence electrons. The van der Waals surface area contributed by atoms with Crippen molar-refractivity contribution < 1.29 is 22.9 Å². The average Bonchev–Trinajstić information content (AvgIpc) is 1.87. The highest BCUT2D eigenvalue weighted by Gasteiger charge is 2.15. The molecule has 0 unspecified atom stereocenters. The molecule has 0 aliphatic rings. The Hall–Kier alpha value is -0.660. The molecule has 10 heavy (non-hydrogen) atoms. The zero-order valence-corrected chi connectivity index (χ0v) is 5.88. The first kappa shape index (κ1) is 7.45. The fraction of sp³-hybridized carbons (Fsp3) is 0.667. The van der Waals surface area contributed by atoms with E-state index in [0.717, 1.165) is 6.92 Å². The summed E-state index contributed by atoms with van der Waals surface area (Å²) < 4.78 is 31.4. The normalized spacial score (nSPS) is 15.9. The summed E-state index contributed by atoms with van der Waals surface area (Å²) in [5.41, 5.74) is 0. The standard InChI is InChI=1S/C3H7NO5S/c1-2(3(5)6)4-10(7,8)9/h2,4H,1H3,(H,5,6)(H,7,8,9)/t2-/m0/s1/i/hD. The van der Waals surface area contributed by atoms with Crippen molar-refractivity contribution in [2.75, 3.05) is 0 Å². The predicted octanol–water partition coefficient (Wildman–Crippen LogP) is -1.15. The quantitative estimate of drug-likeness (QED) is 0.462. The topological polar surface area (TPSA) is 104 Å². The van der Waals surface area contributed by atoms with Gasteiger partial charge in [-0.15, -0.1) is 0 Å². The number of aliphatic carboxylic acids is 1. The third-order valence-electron chi connectivity index (χ3n) is 0.692. The average molecular weight is 170 g/mol. The SMILES string of the molecule is [2H]OS(=O)(=O)N[C@@H](C)C(=O)O. The summed E-state index contributed by atoms with van der Waals surface area (Å²) in [7, 11) is -4.23. The number of nitrogens with one attached hydrogen (secondary N) is 1. The van der Waals surface area contributed by atoms with Crippen LogP contribution in [0, 0.1) is 0 Å². The molecule has 0 aromatic heterocycles. The fourth-order valence-electron chi connectivity index (χ4n) is 0.267. The number of hydrogen-bond acceptors (Lipinski definition) is 4.